The lowest BCUT2D eigenvalue weighted by Crippen LogP contribution is -2.45. The van der Waals surface area contributed by atoms with E-state index in [1.165, 1.54) is 12.7 Å². The van der Waals surface area contributed by atoms with E-state index in [1.54, 1.807) is 24.3 Å². The number of carbonyl (C=O) groups is 2. The van der Waals surface area contributed by atoms with Crippen LogP contribution in [0.15, 0.2) is 54.6 Å². The van der Waals surface area contributed by atoms with Gasteiger partial charge >= 0.3 is 5.97 Å². The molecule has 0 spiro atoms. The monoisotopic (exact) mass is 393 g/mol. The number of methoxy groups -OCH3 is 1. The maximum atomic E-state index is 12.9. The second-order valence-corrected chi connectivity index (χ2v) is 7.77. The molecule has 2 aliphatic heterocycles. The van der Waals surface area contributed by atoms with Crippen LogP contribution in [0.3, 0.4) is 0 Å². The van der Waals surface area contributed by atoms with Gasteiger partial charge < -0.3 is 9.64 Å². The van der Waals surface area contributed by atoms with Gasteiger partial charge in [-0.15, -0.1) is 0 Å². The van der Waals surface area contributed by atoms with Crippen molar-refractivity contribution in [2.75, 3.05) is 26.7 Å². The SMILES string of the molecule is COC(=O)c1cccc(C(=O)N2CCC(C3NNCC3c3ccccc3)CC2)c1. The summed E-state index contributed by atoms with van der Waals surface area (Å²) in [5.41, 5.74) is 9.09. The second-order valence-electron chi connectivity index (χ2n) is 7.77. The van der Waals surface area contributed by atoms with Crippen LogP contribution in [0.4, 0.5) is 0 Å². The van der Waals surface area contributed by atoms with E-state index >= 15 is 0 Å². The second kappa shape index (κ2) is 8.76. The first-order chi connectivity index (χ1) is 14.2. The molecule has 2 saturated heterocycles. The number of nitrogens with one attached hydrogen (secondary N) is 2. The van der Waals surface area contributed by atoms with Crippen molar-refractivity contribution < 1.29 is 14.3 Å². The number of likely N-dealkylation sites (tertiary alicyclic amines) is 1. The summed E-state index contributed by atoms with van der Waals surface area (Å²) in [5.74, 6) is 0.511. The van der Waals surface area contributed by atoms with Gasteiger partial charge in [0.2, 0.25) is 0 Å². The van der Waals surface area contributed by atoms with E-state index in [9.17, 15) is 9.59 Å². The lowest BCUT2D eigenvalue weighted by molar-refractivity contribution is 0.0600. The summed E-state index contributed by atoms with van der Waals surface area (Å²) in [4.78, 5) is 26.6. The average molecular weight is 393 g/mol. The van der Waals surface area contributed by atoms with Gasteiger partial charge in [-0.1, -0.05) is 36.4 Å². The minimum Gasteiger partial charge on any atom is -0.465 e. The van der Waals surface area contributed by atoms with Gasteiger partial charge in [-0.05, 0) is 42.5 Å². The normalized spacial score (nSPS) is 22.4. The first-order valence-electron chi connectivity index (χ1n) is 10.2. The molecule has 0 radical (unpaired) electrons. The molecule has 29 heavy (non-hydrogen) atoms. The van der Waals surface area contributed by atoms with Crippen molar-refractivity contribution in [3.05, 3.63) is 71.3 Å². The summed E-state index contributed by atoms with van der Waals surface area (Å²) >= 11 is 0. The van der Waals surface area contributed by atoms with Crippen LogP contribution in [0.5, 0.6) is 0 Å². The maximum absolute atomic E-state index is 12.9. The highest BCUT2D eigenvalue weighted by atomic mass is 16.5. The van der Waals surface area contributed by atoms with Crippen LogP contribution in [0.25, 0.3) is 0 Å². The van der Waals surface area contributed by atoms with Crippen molar-refractivity contribution in [1.29, 1.82) is 0 Å². The molecule has 1 amide bonds. The molecule has 2 heterocycles. The third kappa shape index (κ3) is 4.18. The number of hydrogen-bond acceptors (Lipinski definition) is 5. The van der Waals surface area contributed by atoms with E-state index in [0.29, 0.717) is 29.0 Å². The molecule has 2 unspecified atom stereocenters. The molecule has 0 aromatic heterocycles. The van der Waals surface area contributed by atoms with Crippen LogP contribution in [0.1, 0.15) is 45.0 Å². The summed E-state index contributed by atoms with van der Waals surface area (Å²) in [7, 11) is 1.34. The minimum atomic E-state index is -0.426. The van der Waals surface area contributed by atoms with Crippen LogP contribution in [0.2, 0.25) is 0 Å². The van der Waals surface area contributed by atoms with E-state index < -0.39 is 5.97 Å². The number of esters is 1. The third-order valence-electron chi connectivity index (χ3n) is 6.12. The molecule has 2 atom stereocenters. The molecular weight excluding hydrogens is 366 g/mol. The largest absolute Gasteiger partial charge is 0.465 e. The predicted molar refractivity (Wildman–Crippen MR) is 111 cm³/mol. The van der Waals surface area contributed by atoms with Gasteiger partial charge in [0.25, 0.3) is 5.91 Å². The van der Waals surface area contributed by atoms with E-state index in [0.717, 1.165) is 32.5 Å². The number of rotatable bonds is 4. The predicted octanol–water partition coefficient (Wildman–Crippen LogP) is 2.59. The summed E-state index contributed by atoms with van der Waals surface area (Å²) in [6, 6.07) is 17.8. The smallest absolute Gasteiger partial charge is 0.337 e. The number of hydrazine groups is 1. The van der Waals surface area contributed by atoms with E-state index in [2.05, 4.69) is 35.1 Å². The van der Waals surface area contributed by atoms with Crippen molar-refractivity contribution >= 4 is 11.9 Å². The van der Waals surface area contributed by atoms with Gasteiger partial charge in [0.05, 0.1) is 12.7 Å². The molecule has 2 N–H and O–H groups in total. The Labute approximate surface area is 171 Å². The molecule has 6 heteroatoms. The number of piperidine rings is 1. The summed E-state index contributed by atoms with van der Waals surface area (Å²) < 4.78 is 4.76. The van der Waals surface area contributed by atoms with Crippen LogP contribution in [-0.4, -0.2) is 49.6 Å². The Morgan fingerprint density at radius 1 is 1.00 bits per heavy atom. The molecule has 2 fully saturated rings. The van der Waals surface area contributed by atoms with Gasteiger partial charge in [0, 0.05) is 37.2 Å². The number of ether oxygens (including phenoxy) is 1. The number of amides is 1. The average Bonchev–Trinajstić information content (AvgIpc) is 3.29. The van der Waals surface area contributed by atoms with Gasteiger partial charge in [0.15, 0.2) is 0 Å². The van der Waals surface area contributed by atoms with E-state index in [1.807, 2.05) is 11.0 Å². The number of nitrogens with zero attached hydrogens (tertiary/aromatic N) is 1. The Morgan fingerprint density at radius 3 is 2.45 bits per heavy atom. The Balaban J connectivity index is 1.39. The van der Waals surface area contributed by atoms with E-state index in [4.69, 9.17) is 4.74 Å². The topological polar surface area (TPSA) is 70.7 Å². The molecule has 2 aromatic carbocycles. The fraction of sp³-hybridized carbons (Fsp3) is 0.391. The molecule has 2 aromatic rings. The van der Waals surface area contributed by atoms with Crippen molar-refractivity contribution in [2.45, 2.75) is 24.8 Å². The number of hydrogen-bond donors (Lipinski definition) is 2. The zero-order chi connectivity index (χ0) is 20.2. The lowest BCUT2D eigenvalue weighted by Gasteiger charge is -2.36. The van der Waals surface area contributed by atoms with Gasteiger partial charge in [-0.3, -0.25) is 15.6 Å². The van der Waals surface area contributed by atoms with Gasteiger partial charge in [0.1, 0.15) is 0 Å². The zero-order valence-electron chi connectivity index (χ0n) is 16.6. The van der Waals surface area contributed by atoms with Crippen LogP contribution in [0, 0.1) is 5.92 Å². The highest BCUT2D eigenvalue weighted by molar-refractivity contribution is 5.97. The standard InChI is InChI=1S/C23H27N3O3/c1-29-23(28)19-9-5-8-18(14-19)22(27)26-12-10-17(11-13-26)21-20(15-24-25-21)16-6-3-2-4-7-16/h2-9,14,17,20-21,24-25H,10-13,15H2,1H3. The fourth-order valence-corrected chi connectivity index (χ4v) is 4.53. The molecule has 0 saturated carbocycles. The summed E-state index contributed by atoms with van der Waals surface area (Å²) in [6.45, 7) is 2.38. The van der Waals surface area contributed by atoms with Gasteiger partial charge in [-0.2, -0.15) is 0 Å². The Morgan fingerprint density at radius 2 is 1.72 bits per heavy atom. The fourth-order valence-electron chi connectivity index (χ4n) is 4.53. The highest BCUT2D eigenvalue weighted by Gasteiger charge is 2.36. The van der Waals surface area contributed by atoms with Crippen molar-refractivity contribution in [2.24, 2.45) is 5.92 Å². The van der Waals surface area contributed by atoms with Crippen LogP contribution >= 0.6 is 0 Å². The molecule has 6 nitrogen and oxygen atoms in total. The minimum absolute atomic E-state index is 0.0219. The van der Waals surface area contributed by atoms with Crippen molar-refractivity contribution in [1.82, 2.24) is 15.8 Å². The van der Waals surface area contributed by atoms with Gasteiger partial charge in [-0.25, -0.2) is 4.79 Å². The number of carbonyl (C=O) groups excluding carboxylic acids is 2. The zero-order valence-corrected chi connectivity index (χ0v) is 16.6. The Hall–Kier alpha value is -2.70. The molecule has 152 valence electrons. The number of benzene rings is 2. The summed E-state index contributed by atoms with van der Waals surface area (Å²) in [5, 5.41) is 0. The summed E-state index contributed by atoms with van der Waals surface area (Å²) in [6.07, 6.45) is 1.93. The molecule has 0 bridgehead atoms. The van der Waals surface area contributed by atoms with Crippen molar-refractivity contribution in [3.8, 4) is 0 Å². The maximum Gasteiger partial charge on any atom is 0.337 e. The van der Waals surface area contributed by atoms with Crippen molar-refractivity contribution in [3.63, 3.8) is 0 Å². The van der Waals surface area contributed by atoms with Crippen LogP contribution < -0.4 is 10.9 Å². The Kier molecular flexibility index (Phi) is 5.92. The molecular formula is C23H27N3O3. The third-order valence-corrected chi connectivity index (χ3v) is 6.12. The highest BCUT2D eigenvalue weighted by Crippen LogP contribution is 2.32. The first-order valence-corrected chi connectivity index (χ1v) is 10.2. The van der Waals surface area contributed by atoms with E-state index in [-0.39, 0.29) is 5.91 Å². The molecule has 2 aliphatic rings. The Bertz CT molecular complexity index is 863. The molecule has 4 rings (SSSR count). The first kappa shape index (κ1) is 19.6. The quantitative estimate of drug-likeness (QED) is 0.782. The molecule has 0 aliphatic carbocycles. The lowest BCUT2D eigenvalue weighted by atomic mass is 9.80. The van der Waals surface area contributed by atoms with Crippen LogP contribution in [-0.2, 0) is 4.74 Å².